The Morgan fingerprint density at radius 2 is 1.96 bits per heavy atom. The van der Waals surface area contributed by atoms with Crippen LogP contribution in [-0.4, -0.2) is 32.5 Å². The average Bonchev–Trinajstić information content (AvgIpc) is 2.58. The first-order chi connectivity index (χ1) is 11.5. The summed E-state index contributed by atoms with van der Waals surface area (Å²) >= 11 is 0. The Bertz CT molecular complexity index is 804. The van der Waals surface area contributed by atoms with Crippen LogP contribution in [0.4, 0.5) is 10.2 Å². The predicted molar refractivity (Wildman–Crippen MR) is 90.9 cm³/mol. The second-order valence-corrected chi connectivity index (χ2v) is 7.70. The molecule has 1 aliphatic heterocycles. The molecule has 1 N–H and O–H groups in total. The van der Waals surface area contributed by atoms with Crippen molar-refractivity contribution >= 4 is 15.8 Å². The molecule has 1 saturated heterocycles. The smallest absolute Gasteiger partial charge is 0.240 e. The number of sulfonamides is 1. The number of aryl methyl sites for hydroxylation is 1. The highest BCUT2D eigenvalue weighted by Gasteiger charge is 2.25. The molecular formula is C17H20FN3O2S. The number of benzene rings is 1. The van der Waals surface area contributed by atoms with Crippen molar-refractivity contribution in [1.82, 2.24) is 9.71 Å². The molecule has 0 atom stereocenters. The molecular weight excluding hydrogens is 329 g/mol. The molecule has 0 aliphatic carbocycles. The maximum Gasteiger partial charge on any atom is 0.240 e. The summed E-state index contributed by atoms with van der Waals surface area (Å²) in [5, 5.41) is 0. The Morgan fingerprint density at radius 3 is 2.58 bits per heavy atom. The lowest BCUT2D eigenvalue weighted by atomic mass is 10.1. The predicted octanol–water partition coefficient (Wildman–Crippen LogP) is 2.48. The molecule has 2 heterocycles. The zero-order valence-corrected chi connectivity index (χ0v) is 14.3. The molecule has 1 aromatic heterocycles. The number of rotatable bonds is 4. The zero-order valence-electron chi connectivity index (χ0n) is 13.4. The number of nitrogens with one attached hydrogen (secondary N) is 1. The first kappa shape index (κ1) is 16.9. The van der Waals surface area contributed by atoms with E-state index in [9.17, 15) is 12.8 Å². The monoisotopic (exact) mass is 349 g/mol. The highest BCUT2D eigenvalue weighted by Crippen LogP contribution is 2.20. The lowest BCUT2D eigenvalue weighted by Crippen LogP contribution is -2.44. The topological polar surface area (TPSA) is 62.3 Å². The molecule has 0 saturated carbocycles. The fourth-order valence-corrected chi connectivity index (χ4v) is 4.23. The van der Waals surface area contributed by atoms with E-state index in [0.29, 0.717) is 18.4 Å². The van der Waals surface area contributed by atoms with Crippen LogP contribution in [0.15, 0.2) is 47.5 Å². The van der Waals surface area contributed by atoms with Gasteiger partial charge >= 0.3 is 0 Å². The van der Waals surface area contributed by atoms with Gasteiger partial charge in [-0.25, -0.2) is 22.5 Å². The summed E-state index contributed by atoms with van der Waals surface area (Å²) in [4.78, 5) is 6.57. The molecule has 0 radical (unpaired) electrons. The Kier molecular flexibility index (Phi) is 4.82. The van der Waals surface area contributed by atoms with Crippen molar-refractivity contribution in [3.63, 3.8) is 0 Å². The highest BCUT2D eigenvalue weighted by atomic mass is 32.2. The Balaban J connectivity index is 1.64. The van der Waals surface area contributed by atoms with E-state index in [2.05, 4.69) is 14.6 Å². The van der Waals surface area contributed by atoms with Crippen molar-refractivity contribution in [2.75, 3.05) is 18.0 Å². The second kappa shape index (κ2) is 6.86. The molecule has 5 nitrogen and oxygen atoms in total. The van der Waals surface area contributed by atoms with Crippen LogP contribution in [0.1, 0.15) is 18.4 Å². The van der Waals surface area contributed by atoms with Crippen LogP contribution in [0.25, 0.3) is 0 Å². The molecule has 0 unspecified atom stereocenters. The van der Waals surface area contributed by atoms with Gasteiger partial charge in [-0.1, -0.05) is 6.07 Å². The average molecular weight is 349 g/mol. The summed E-state index contributed by atoms with van der Waals surface area (Å²) in [5.74, 6) is 0.505. The minimum absolute atomic E-state index is 0.105. The minimum Gasteiger partial charge on any atom is -0.357 e. The number of anilines is 1. The lowest BCUT2D eigenvalue weighted by Gasteiger charge is -2.33. The summed E-state index contributed by atoms with van der Waals surface area (Å²) < 4.78 is 41.0. The van der Waals surface area contributed by atoms with Gasteiger partial charge in [0.2, 0.25) is 10.0 Å². The maximum absolute atomic E-state index is 13.3. The SMILES string of the molecule is Cc1cc(S(=O)(=O)NC2CCN(c3ccccn3)CC2)ccc1F. The number of hydrogen-bond donors (Lipinski definition) is 1. The molecule has 1 fully saturated rings. The molecule has 0 bridgehead atoms. The quantitative estimate of drug-likeness (QED) is 0.921. The minimum atomic E-state index is -3.63. The van der Waals surface area contributed by atoms with Gasteiger partial charge in [-0.15, -0.1) is 0 Å². The standard InChI is InChI=1S/C17H20FN3O2S/c1-13-12-15(5-6-16(13)18)24(22,23)20-14-7-10-21(11-8-14)17-4-2-3-9-19-17/h2-6,9,12,14,20H,7-8,10-11H2,1H3. The molecule has 0 spiro atoms. The van der Waals surface area contributed by atoms with E-state index in [4.69, 9.17) is 0 Å². The summed E-state index contributed by atoms with van der Waals surface area (Å²) in [6.07, 6.45) is 3.16. The molecule has 128 valence electrons. The van der Waals surface area contributed by atoms with E-state index in [1.54, 1.807) is 13.1 Å². The number of pyridine rings is 1. The molecule has 2 aromatic rings. The Labute approximate surface area is 141 Å². The second-order valence-electron chi connectivity index (χ2n) is 5.98. The van der Waals surface area contributed by atoms with Gasteiger partial charge in [0.25, 0.3) is 0 Å². The normalized spacial score (nSPS) is 16.3. The number of halogens is 1. The fourth-order valence-electron chi connectivity index (χ4n) is 2.84. The lowest BCUT2D eigenvalue weighted by molar-refractivity contribution is 0.458. The van der Waals surface area contributed by atoms with Crippen molar-refractivity contribution in [3.8, 4) is 0 Å². The number of hydrogen-bond acceptors (Lipinski definition) is 4. The fraction of sp³-hybridized carbons (Fsp3) is 0.353. The maximum atomic E-state index is 13.3. The molecule has 3 rings (SSSR count). The number of nitrogens with zero attached hydrogens (tertiary/aromatic N) is 2. The van der Waals surface area contributed by atoms with E-state index in [1.165, 1.54) is 18.2 Å². The highest BCUT2D eigenvalue weighted by molar-refractivity contribution is 7.89. The van der Waals surface area contributed by atoms with E-state index in [-0.39, 0.29) is 10.9 Å². The van der Waals surface area contributed by atoms with Gasteiger partial charge in [-0.3, -0.25) is 0 Å². The van der Waals surface area contributed by atoms with E-state index in [0.717, 1.165) is 18.9 Å². The van der Waals surface area contributed by atoms with E-state index < -0.39 is 15.8 Å². The number of piperidine rings is 1. The molecule has 1 aromatic carbocycles. The summed E-state index contributed by atoms with van der Waals surface area (Å²) in [6.45, 7) is 3.04. The zero-order chi connectivity index (χ0) is 17.2. The number of aromatic nitrogens is 1. The molecule has 1 aliphatic rings. The van der Waals surface area contributed by atoms with Crippen molar-refractivity contribution in [1.29, 1.82) is 0 Å². The Morgan fingerprint density at radius 1 is 1.21 bits per heavy atom. The van der Waals surface area contributed by atoms with Gasteiger partial charge < -0.3 is 4.90 Å². The summed E-state index contributed by atoms with van der Waals surface area (Å²) in [5.41, 5.74) is 0.322. The Hall–Kier alpha value is -1.99. The third-order valence-electron chi connectivity index (χ3n) is 4.23. The van der Waals surface area contributed by atoms with Crippen LogP contribution >= 0.6 is 0 Å². The van der Waals surface area contributed by atoms with Crippen LogP contribution in [0, 0.1) is 12.7 Å². The first-order valence-corrected chi connectivity index (χ1v) is 9.38. The van der Waals surface area contributed by atoms with Crippen LogP contribution in [0.2, 0.25) is 0 Å². The van der Waals surface area contributed by atoms with Crippen molar-refractivity contribution in [2.45, 2.75) is 30.7 Å². The van der Waals surface area contributed by atoms with Gasteiger partial charge in [-0.05, 0) is 55.7 Å². The van der Waals surface area contributed by atoms with Gasteiger partial charge in [0.15, 0.2) is 0 Å². The summed E-state index contributed by atoms with van der Waals surface area (Å²) in [6, 6.07) is 9.48. The van der Waals surface area contributed by atoms with Crippen LogP contribution in [-0.2, 0) is 10.0 Å². The summed E-state index contributed by atoms with van der Waals surface area (Å²) in [7, 11) is -3.63. The molecule has 24 heavy (non-hydrogen) atoms. The van der Waals surface area contributed by atoms with Crippen molar-refractivity contribution in [2.24, 2.45) is 0 Å². The third kappa shape index (κ3) is 3.73. The first-order valence-electron chi connectivity index (χ1n) is 7.90. The third-order valence-corrected chi connectivity index (χ3v) is 5.75. The van der Waals surface area contributed by atoms with Gasteiger partial charge in [0, 0.05) is 25.3 Å². The molecule has 0 amide bonds. The van der Waals surface area contributed by atoms with Gasteiger partial charge in [0.05, 0.1) is 4.90 Å². The van der Waals surface area contributed by atoms with Gasteiger partial charge in [-0.2, -0.15) is 0 Å². The van der Waals surface area contributed by atoms with Crippen molar-refractivity contribution in [3.05, 3.63) is 54.0 Å². The largest absolute Gasteiger partial charge is 0.357 e. The van der Waals surface area contributed by atoms with Crippen LogP contribution < -0.4 is 9.62 Å². The van der Waals surface area contributed by atoms with E-state index in [1.807, 2.05) is 18.2 Å². The van der Waals surface area contributed by atoms with Crippen LogP contribution in [0.3, 0.4) is 0 Å². The molecule has 7 heteroatoms. The van der Waals surface area contributed by atoms with E-state index >= 15 is 0 Å². The van der Waals surface area contributed by atoms with Gasteiger partial charge in [0.1, 0.15) is 11.6 Å². The van der Waals surface area contributed by atoms with Crippen LogP contribution in [0.5, 0.6) is 0 Å². The van der Waals surface area contributed by atoms with Crippen molar-refractivity contribution < 1.29 is 12.8 Å².